The second kappa shape index (κ2) is 4.28. The van der Waals surface area contributed by atoms with Gasteiger partial charge in [-0.1, -0.05) is 17.7 Å². The minimum Gasteiger partial charge on any atom is -0.282 e. The van der Waals surface area contributed by atoms with Gasteiger partial charge in [0.1, 0.15) is 6.17 Å². The van der Waals surface area contributed by atoms with Crippen LogP contribution in [-0.4, -0.2) is 19.1 Å². The van der Waals surface area contributed by atoms with E-state index >= 15 is 0 Å². The zero-order chi connectivity index (χ0) is 13.8. The van der Waals surface area contributed by atoms with Crippen molar-refractivity contribution in [1.29, 1.82) is 0 Å². The molecule has 3 nitrogen and oxygen atoms in total. The Bertz CT molecular complexity index is 611. The highest BCUT2D eigenvalue weighted by atomic mass is 32.2. The zero-order valence-corrected chi connectivity index (χ0v) is 11.5. The summed E-state index contributed by atoms with van der Waals surface area (Å²) in [6, 6.07) is 4.87. The van der Waals surface area contributed by atoms with Crippen LogP contribution in [0.4, 0.5) is 4.39 Å². The van der Waals surface area contributed by atoms with E-state index in [1.54, 1.807) is 12.1 Å². The summed E-state index contributed by atoms with van der Waals surface area (Å²) < 4.78 is 46.1. The van der Waals surface area contributed by atoms with Gasteiger partial charge in [-0.25, -0.2) is 4.39 Å². The summed E-state index contributed by atoms with van der Waals surface area (Å²) in [5, 5.41) is 0. The highest BCUT2D eigenvalue weighted by Gasteiger charge is 2.48. The molecule has 0 radical (unpaired) electrons. The van der Waals surface area contributed by atoms with E-state index in [1.807, 2.05) is 6.92 Å². The van der Waals surface area contributed by atoms with Crippen molar-refractivity contribution in [3.63, 3.8) is 0 Å². The Labute approximate surface area is 112 Å². The third kappa shape index (κ3) is 2.19. The van der Waals surface area contributed by atoms with Crippen molar-refractivity contribution in [2.45, 2.75) is 43.2 Å². The van der Waals surface area contributed by atoms with E-state index in [4.69, 9.17) is 0 Å². The minimum atomic E-state index is -4.24. The molecule has 1 aromatic rings. The van der Waals surface area contributed by atoms with Gasteiger partial charge in [-0.15, -0.1) is 0 Å². The summed E-state index contributed by atoms with van der Waals surface area (Å²) in [4.78, 5) is -0.0529. The first-order valence-electron chi connectivity index (χ1n) is 6.58. The van der Waals surface area contributed by atoms with Crippen LogP contribution in [0.1, 0.15) is 36.3 Å². The molecule has 5 heteroatoms. The Morgan fingerprint density at radius 1 is 1.26 bits per heavy atom. The van der Waals surface area contributed by atoms with Gasteiger partial charge in [0.15, 0.2) is 0 Å². The zero-order valence-electron chi connectivity index (χ0n) is 10.7. The fourth-order valence-corrected chi connectivity index (χ4v) is 4.56. The molecule has 0 aromatic heterocycles. The molecule has 1 aromatic carbocycles. The molecule has 0 amide bonds. The summed E-state index contributed by atoms with van der Waals surface area (Å²) in [6.07, 6.45) is 1.44. The molecule has 2 saturated carbocycles. The molecule has 0 aliphatic heterocycles. The lowest BCUT2D eigenvalue weighted by atomic mass is 9.82. The monoisotopic (exact) mass is 284 g/mol. The Morgan fingerprint density at radius 2 is 2.00 bits per heavy atom. The number of fused-ring (bicyclic) bond motifs is 2. The lowest BCUT2D eigenvalue weighted by Gasteiger charge is -2.26. The Morgan fingerprint density at radius 3 is 2.58 bits per heavy atom. The van der Waals surface area contributed by atoms with E-state index in [0.717, 1.165) is 18.4 Å². The van der Waals surface area contributed by atoms with Gasteiger partial charge in [0.25, 0.3) is 10.1 Å². The third-order valence-corrected chi connectivity index (χ3v) is 5.50. The van der Waals surface area contributed by atoms with Crippen LogP contribution in [0.25, 0.3) is 0 Å². The molecule has 2 fully saturated rings. The predicted octanol–water partition coefficient (Wildman–Crippen LogP) is 3.09. The first kappa shape index (κ1) is 13.1. The topological polar surface area (TPSA) is 54.4 Å². The van der Waals surface area contributed by atoms with Crippen LogP contribution in [0.15, 0.2) is 23.1 Å². The number of hydrogen-bond acceptors (Lipinski definition) is 2. The fraction of sp³-hybridized carbons (Fsp3) is 0.571. The largest absolute Gasteiger partial charge is 0.294 e. The van der Waals surface area contributed by atoms with Crippen molar-refractivity contribution in [3.8, 4) is 0 Å². The summed E-state index contributed by atoms with van der Waals surface area (Å²) in [7, 11) is -4.24. The van der Waals surface area contributed by atoms with Gasteiger partial charge in [0.2, 0.25) is 0 Å². The van der Waals surface area contributed by atoms with Gasteiger partial charge in [-0.2, -0.15) is 8.42 Å². The molecule has 0 saturated heterocycles. The van der Waals surface area contributed by atoms with Crippen molar-refractivity contribution in [1.82, 2.24) is 0 Å². The predicted molar refractivity (Wildman–Crippen MR) is 69.5 cm³/mol. The number of hydrogen-bond donors (Lipinski definition) is 1. The molecule has 19 heavy (non-hydrogen) atoms. The molecule has 1 N–H and O–H groups in total. The molecule has 0 spiro atoms. The Hall–Kier alpha value is -0.940. The van der Waals surface area contributed by atoms with E-state index in [2.05, 4.69) is 0 Å². The molecule has 2 aliphatic carbocycles. The van der Waals surface area contributed by atoms with Crippen LogP contribution in [0.5, 0.6) is 0 Å². The highest BCUT2D eigenvalue weighted by Crippen LogP contribution is 2.55. The second-order valence-electron chi connectivity index (χ2n) is 5.88. The fourth-order valence-electron chi connectivity index (χ4n) is 3.81. The van der Waals surface area contributed by atoms with Crippen LogP contribution in [0.2, 0.25) is 0 Å². The number of halogens is 1. The quantitative estimate of drug-likeness (QED) is 0.849. The van der Waals surface area contributed by atoms with Crippen molar-refractivity contribution >= 4 is 10.1 Å². The molecule has 104 valence electrons. The first-order valence-corrected chi connectivity index (χ1v) is 8.02. The summed E-state index contributed by atoms with van der Waals surface area (Å²) >= 11 is 0. The number of rotatable bonds is 2. The minimum absolute atomic E-state index is 0.0529. The van der Waals surface area contributed by atoms with E-state index in [-0.39, 0.29) is 16.7 Å². The van der Waals surface area contributed by atoms with Crippen molar-refractivity contribution in [3.05, 3.63) is 29.3 Å². The van der Waals surface area contributed by atoms with Gasteiger partial charge in [0, 0.05) is 0 Å². The molecule has 0 unspecified atom stereocenters. The lowest BCUT2D eigenvalue weighted by molar-refractivity contribution is 0.208. The standard InChI is InChI=1S/C14H17FO3S/c1-8-2-3-14(19(16,17)18)12(4-8)10-5-9-6-11(10)13(15)7-9/h2-4,9-11,13H,5-7H2,1H3,(H,16,17,18)/t9-,10+,11+,13-/m1/s1. The lowest BCUT2D eigenvalue weighted by Crippen LogP contribution is -2.21. The Kier molecular flexibility index (Phi) is 2.94. The summed E-state index contributed by atoms with van der Waals surface area (Å²) in [6.45, 7) is 1.87. The number of aryl methyl sites for hydroxylation is 1. The average Bonchev–Trinajstić information content (AvgIpc) is 2.85. The third-order valence-electron chi connectivity index (χ3n) is 4.58. The van der Waals surface area contributed by atoms with Crippen molar-refractivity contribution in [2.24, 2.45) is 11.8 Å². The SMILES string of the molecule is Cc1ccc(S(=O)(=O)O)c([C@H]2C[C@@H]3C[C@@H]2[C@H](F)C3)c1. The Balaban J connectivity index is 2.08. The van der Waals surface area contributed by atoms with Gasteiger partial charge in [-0.3, -0.25) is 4.55 Å². The maximum absolute atomic E-state index is 13.9. The maximum atomic E-state index is 13.9. The molecule has 4 atom stereocenters. The van der Waals surface area contributed by atoms with Crippen molar-refractivity contribution < 1.29 is 17.4 Å². The summed E-state index contributed by atoms with van der Waals surface area (Å²) in [5.74, 6) is 0.192. The van der Waals surface area contributed by atoms with E-state index in [0.29, 0.717) is 17.9 Å². The molecule has 0 heterocycles. The normalized spacial score (nSPS) is 33.8. The van der Waals surface area contributed by atoms with E-state index in [1.165, 1.54) is 6.07 Å². The van der Waals surface area contributed by atoms with E-state index in [9.17, 15) is 17.4 Å². The van der Waals surface area contributed by atoms with Crippen LogP contribution >= 0.6 is 0 Å². The van der Waals surface area contributed by atoms with Gasteiger partial charge < -0.3 is 0 Å². The molecule has 2 bridgehead atoms. The van der Waals surface area contributed by atoms with Gasteiger partial charge in [-0.05, 0) is 55.6 Å². The number of benzene rings is 1. The highest BCUT2D eigenvalue weighted by molar-refractivity contribution is 7.85. The van der Waals surface area contributed by atoms with E-state index < -0.39 is 16.3 Å². The molecular formula is C14H17FO3S. The number of alkyl halides is 1. The maximum Gasteiger partial charge on any atom is 0.294 e. The van der Waals surface area contributed by atoms with Crippen LogP contribution < -0.4 is 0 Å². The van der Waals surface area contributed by atoms with Crippen molar-refractivity contribution in [2.75, 3.05) is 0 Å². The van der Waals surface area contributed by atoms with Gasteiger partial charge >= 0.3 is 0 Å². The molecule has 2 aliphatic rings. The van der Waals surface area contributed by atoms with Crippen LogP contribution in [0, 0.1) is 18.8 Å². The summed E-state index contributed by atoms with van der Waals surface area (Å²) in [5.41, 5.74) is 1.53. The van der Waals surface area contributed by atoms with Gasteiger partial charge in [0.05, 0.1) is 4.90 Å². The average molecular weight is 284 g/mol. The first-order chi connectivity index (χ1) is 8.86. The molecular weight excluding hydrogens is 267 g/mol. The van der Waals surface area contributed by atoms with Crippen LogP contribution in [-0.2, 0) is 10.1 Å². The molecule has 3 rings (SSSR count). The van der Waals surface area contributed by atoms with Crippen LogP contribution in [0.3, 0.4) is 0 Å². The second-order valence-corrected chi connectivity index (χ2v) is 7.27. The smallest absolute Gasteiger partial charge is 0.282 e.